The SMILES string of the molecule is O=C1Nc2ccc(Br)cc2[C@@]12Oc1ccccc1[C@@H]1CC(c3ccc(Cl)cc3)=NN12. The first kappa shape index (κ1) is 18.0. The number of amides is 1. The van der Waals surface area contributed by atoms with Crippen LogP contribution in [0.2, 0.25) is 5.02 Å². The molecule has 0 unspecified atom stereocenters. The molecule has 3 aromatic carbocycles. The van der Waals surface area contributed by atoms with Gasteiger partial charge < -0.3 is 10.1 Å². The molecule has 6 rings (SSSR count). The van der Waals surface area contributed by atoms with Crippen LogP contribution >= 0.6 is 27.5 Å². The van der Waals surface area contributed by atoms with Gasteiger partial charge in [-0.15, -0.1) is 0 Å². The van der Waals surface area contributed by atoms with Crippen molar-refractivity contribution in [3.63, 3.8) is 0 Å². The molecular formula is C23H15BrClN3O2. The topological polar surface area (TPSA) is 53.9 Å². The number of carbonyl (C=O) groups excluding carboxylic acids is 1. The summed E-state index contributed by atoms with van der Waals surface area (Å²) in [6.45, 7) is 0. The van der Waals surface area contributed by atoms with Crippen molar-refractivity contribution >= 4 is 44.8 Å². The fourth-order valence-corrected chi connectivity index (χ4v) is 4.97. The first-order chi connectivity index (χ1) is 14.6. The van der Waals surface area contributed by atoms with Gasteiger partial charge >= 0.3 is 5.72 Å². The van der Waals surface area contributed by atoms with Crippen LogP contribution in [0.3, 0.4) is 0 Å². The number of carbonyl (C=O) groups is 1. The van der Waals surface area contributed by atoms with Crippen molar-refractivity contribution in [1.82, 2.24) is 5.01 Å². The van der Waals surface area contributed by atoms with Crippen LogP contribution in [0.1, 0.15) is 29.2 Å². The summed E-state index contributed by atoms with van der Waals surface area (Å²) in [5.74, 6) is 0.463. The molecular weight excluding hydrogens is 466 g/mol. The molecule has 3 aromatic rings. The van der Waals surface area contributed by atoms with Gasteiger partial charge in [0.1, 0.15) is 5.75 Å². The third-order valence-electron chi connectivity index (χ3n) is 5.85. The van der Waals surface area contributed by atoms with E-state index in [1.54, 1.807) is 0 Å². The Morgan fingerprint density at radius 2 is 1.93 bits per heavy atom. The smallest absolute Gasteiger partial charge is 0.306 e. The van der Waals surface area contributed by atoms with Gasteiger partial charge in [0.2, 0.25) is 0 Å². The number of nitrogens with zero attached hydrogens (tertiary/aromatic N) is 2. The molecule has 3 heterocycles. The molecule has 0 bridgehead atoms. The van der Waals surface area contributed by atoms with Crippen LogP contribution in [-0.4, -0.2) is 16.6 Å². The Labute approximate surface area is 186 Å². The minimum absolute atomic E-state index is 0.115. The summed E-state index contributed by atoms with van der Waals surface area (Å²) < 4.78 is 7.33. The van der Waals surface area contributed by atoms with Crippen LogP contribution in [0.4, 0.5) is 5.69 Å². The average molecular weight is 481 g/mol. The molecule has 2 atom stereocenters. The third kappa shape index (κ3) is 2.41. The van der Waals surface area contributed by atoms with Crippen LogP contribution in [0, 0.1) is 0 Å². The summed E-state index contributed by atoms with van der Waals surface area (Å²) in [7, 11) is 0. The van der Waals surface area contributed by atoms with Crippen LogP contribution in [0.15, 0.2) is 76.3 Å². The van der Waals surface area contributed by atoms with Gasteiger partial charge in [0, 0.05) is 21.5 Å². The van der Waals surface area contributed by atoms with Crippen molar-refractivity contribution in [2.24, 2.45) is 5.10 Å². The number of ether oxygens (including phenoxy) is 1. The van der Waals surface area contributed by atoms with E-state index in [1.807, 2.05) is 71.7 Å². The highest BCUT2D eigenvalue weighted by Gasteiger charge is 2.60. The maximum absolute atomic E-state index is 13.4. The minimum atomic E-state index is -1.35. The Morgan fingerprint density at radius 1 is 1.13 bits per heavy atom. The van der Waals surface area contributed by atoms with Gasteiger partial charge in [0.05, 0.1) is 23.0 Å². The lowest BCUT2D eigenvalue weighted by atomic mass is 9.92. The summed E-state index contributed by atoms with van der Waals surface area (Å²) in [6, 6.07) is 21.1. The summed E-state index contributed by atoms with van der Waals surface area (Å²) >= 11 is 9.60. The molecule has 7 heteroatoms. The predicted molar refractivity (Wildman–Crippen MR) is 119 cm³/mol. The van der Waals surface area contributed by atoms with E-state index < -0.39 is 5.72 Å². The van der Waals surface area contributed by atoms with Gasteiger partial charge in [-0.2, -0.15) is 5.10 Å². The standard InChI is InChI=1S/C23H15BrClN3O2/c24-14-7-10-18-17(11-14)23(22(29)26-18)28-20(16-3-1-2-4-21(16)30-23)12-19(27-28)13-5-8-15(25)9-6-13/h1-11,20H,12H2,(H,26,29)/t20-,23+/m0/s1. The third-order valence-corrected chi connectivity index (χ3v) is 6.59. The lowest BCUT2D eigenvalue weighted by Crippen LogP contribution is -2.55. The molecule has 0 aliphatic carbocycles. The zero-order chi connectivity index (χ0) is 20.5. The van der Waals surface area contributed by atoms with E-state index in [4.69, 9.17) is 21.4 Å². The van der Waals surface area contributed by atoms with Gasteiger partial charge in [-0.1, -0.05) is 57.9 Å². The first-order valence-electron chi connectivity index (χ1n) is 9.58. The highest BCUT2D eigenvalue weighted by atomic mass is 79.9. The Hall–Kier alpha value is -2.83. The molecule has 1 spiro atoms. The van der Waals surface area contributed by atoms with Crippen LogP contribution in [0.5, 0.6) is 5.75 Å². The van der Waals surface area contributed by atoms with Gasteiger partial charge in [0.25, 0.3) is 5.91 Å². The van der Waals surface area contributed by atoms with E-state index in [9.17, 15) is 4.79 Å². The Balaban J connectivity index is 1.57. The van der Waals surface area contributed by atoms with E-state index in [2.05, 4.69) is 21.2 Å². The highest BCUT2D eigenvalue weighted by Crippen LogP contribution is 2.54. The molecule has 0 saturated carbocycles. The van der Waals surface area contributed by atoms with Gasteiger partial charge in [0.15, 0.2) is 0 Å². The number of rotatable bonds is 1. The van der Waals surface area contributed by atoms with Crippen molar-refractivity contribution in [2.45, 2.75) is 18.2 Å². The van der Waals surface area contributed by atoms with Crippen LogP contribution < -0.4 is 10.1 Å². The average Bonchev–Trinajstić information content (AvgIpc) is 3.30. The zero-order valence-corrected chi connectivity index (χ0v) is 17.9. The number of anilines is 1. The summed E-state index contributed by atoms with van der Waals surface area (Å²) in [5, 5.41) is 10.4. The van der Waals surface area contributed by atoms with Crippen molar-refractivity contribution in [2.75, 3.05) is 5.32 Å². The maximum atomic E-state index is 13.4. The zero-order valence-electron chi connectivity index (χ0n) is 15.6. The summed E-state index contributed by atoms with van der Waals surface area (Å²) in [6.07, 6.45) is 0.667. The fraction of sp³-hybridized carbons (Fsp3) is 0.130. The lowest BCUT2D eigenvalue weighted by molar-refractivity contribution is -0.161. The number of nitrogens with one attached hydrogen (secondary N) is 1. The Bertz CT molecular complexity index is 1240. The van der Waals surface area contributed by atoms with E-state index >= 15 is 0 Å². The monoisotopic (exact) mass is 479 g/mol. The number of benzene rings is 3. The number of halogens is 2. The van der Waals surface area contributed by atoms with E-state index in [1.165, 1.54) is 0 Å². The second-order valence-electron chi connectivity index (χ2n) is 7.55. The number of para-hydroxylation sites is 1. The second-order valence-corrected chi connectivity index (χ2v) is 8.90. The van der Waals surface area contributed by atoms with Crippen molar-refractivity contribution in [1.29, 1.82) is 0 Å². The maximum Gasteiger partial charge on any atom is 0.306 e. The number of hydrogen-bond donors (Lipinski definition) is 1. The number of hydrogen-bond acceptors (Lipinski definition) is 4. The number of hydrazone groups is 1. The molecule has 1 amide bonds. The molecule has 148 valence electrons. The second kappa shape index (κ2) is 6.33. The van der Waals surface area contributed by atoms with Crippen molar-refractivity contribution < 1.29 is 9.53 Å². The molecule has 0 radical (unpaired) electrons. The first-order valence-corrected chi connectivity index (χ1v) is 10.8. The van der Waals surface area contributed by atoms with E-state index in [-0.39, 0.29) is 11.9 Å². The van der Waals surface area contributed by atoms with Crippen molar-refractivity contribution in [3.8, 4) is 5.75 Å². The molecule has 30 heavy (non-hydrogen) atoms. The Morgan fingerprint density at radius 3 is 2.77 bits per heavy atom. The highest BCUT2D eigenvalue weighted by molar-refractivity contribution is 9.10. The van der Waals surface area contributed by atoms with Gasteiger partial charge in [-0.05, 0) is 42.0 Å². The molecule has 0 saturated heterocycles. The van der Waals surface area contributed by atoms with Crippen LogP contribution in [-0.2, 0) is 10.5 Å². The largest absolute Gasteiger partial charge is 0.453 e. The van der Waals surface area contributed by atoms with E-state index in [0.29, 0.717) is 17.2 Å². The van der Waals surface area contributed by atoms with Crippen molar-refractivity contribution in [3.05, 3.63) is 92.9 Å². The van der Waals surface area contributed by atoms with E-state index in [0.717, 1.165) is 32.6 Å². The van der Waals surface area contributed by atoms with Gasteiger partial charge in [-0.25, -0.2) is 5.01 Å². The molecule has 0 aromatic heterocycles. The molecule has 1 N–H and O–H groups in total. The fourth-order valence-electron chi connectivity index (χ4n) is 4.48. The summed E-state index contributed by atoms with van der Waals surface area (Å²) in [5.41, 5.74) is 3.03. The molecule has 0 fully saturated rings. The van der Waals surface area contributed by atoms with Crippen LogP contribution in [0.25, 0.3) is 0 Å². The normalized spacial score (nSPS) is 23.4. The predicted octanol–water partition coefficient (Wildman–Crippen LogP) is 5.45. The number of fused-ring (bicyclic) bond motifs is 6. The van der Waals surface area contributed by atoms with Gasteiger partial charge in [-0.3, -0.25) is 4.79 Å². The molecule has 3 aliphatic heterocycles. The minimum Gasteiger partial charge on any atom is -0.453 e. The lowest BCUT2D eigenvalue weighted by Gasteiger charge is -2.44. The quantitative estimate of drug-likeness (QED) is 0.504. The Kier molecular flexibility index (Phi) is 3.80. The molecule has 5 nitrogen and oxygen atoms in total. The molecule has 3 aliphatic rings. The summed E-state index contributed by atoms with van der Waals surface area (Å²) in [4.78, 5) is 13.4.